The lowest BCUT2D eigenvalue weighted by molar-refractivity contribution is -0.111. The normalized spacial score (nSPS) is 10.7. The standard InChI is InChI=1S/C28H33N9O2/c1-6-27(38)32-21-18-22(25(39-5)19-24(21)36(4)17-16-35(2)3)33-28-29-14-12-26(34-28)31-20-10-7-8-11-23(20)37-15-9-13-30-37/h6-15,18-19H,1,16-17H2,2-5H3,(H,32,38)(H2,29,31,33,34). The molecule has 2 heterocycles. The maximum atomic E-state index is 12.2. The van der Waals surface area contributed by atoms with E-state index in [-0.39, 0.29) is 5.91 Å². The number of likely N-dealkylation sites (N-methyl/N-ethyl adjacent to an activating group) is 2. The molecule has 11 heteroatoms. The minimum Gasteiger partial charge on any atom is -0.494 e. The van der Waals surface area contributed by atoms with Gasteiger partial charge in [-0.3, -0.25) is 4.79 Å². The average Bonchev–Trinajstić information content (AvgIpc) is 3.47. The third-order valence-electron chi connectivity index (χ3n) is 5.88. The molecule has 202 valence electrons. The lowest BCUT2D eigenvalue weighted by Crippen LogP contribution is -2.29. The monoisotopic (exact) mass is 527 g/mol. The molecule has 0 aliphatic carbocycles. The molecule has 0 unspecified atom stereocenters. The van der Waals surface area contributed by atoms with Crippen molar-refractivity contribution in [3.8, 4) is 11.4 Å². The van der Waals surface area contributed by atoms with E-state index in [9.17, 15) is 4.79 Å². The Morgan fingerprint density at radius 1 is 1.03 bits per heavy atom. The Balaban J connectivity index is 1.62. The van der Waals surface area contributed by atoms with Gasteiger partial charge in [0.15, 0.2) is 0 Å². The first-order valence-electron chi connectivity index (χ1n) is 12.4. The van der Waals surface area contributed by atoms with Gasteiger partial charge in [0.2, 0.25) is 11.9 Å². The summed E-state index contributed by atoms with van der Waals surface area (Å²) in [6.45, 7) is 5.16. The zero-order chi connectivity index (χ0) is 27.8. The largest absolute Gasteiger partial charge is 0.494 e. The first-order valence-corrected chi connectivity index (χ1v) is 12.4. The summed E-state index contributed by atoms with van der Waals surface area (Å²) in [6.07, 6.45) is 6.50. The van der Waals surface area contributed by atoms with Gasteiger partial charge in [-0.25, -0.2) is 9.67 Å². The van der Waals surface area contributed by atoms with E-state index in [1.54, 1.807) is 36.3 Å². The van der Waals surface area contributed by atoms with Crippen molar-refractivity contribution in [2.75, 3.05) is 62.2 Å². The predicted octanol–water partition coefficient (Wildman–Crippen LogP) is 4.28. The average molecular weight is 528 g/mol. The van der Waals surface area contributed by atoms with Crippen LogP contribution in [0, 0.1) is 0 Å². The molecule has 3 N–H and O–H groups in total. The predicted molar refractivity (Wildman–Crippen MR) is 156 cm³/mol. The fourth-order valence-electron chi connectivity index (χ4n) is 3.84. The van der Waals surface area contributed by atoms with Crippen LogP contribution in [0.15, 0.2) is 79.8 Å². The third kappa shape index (κ3) is 6.90. The van der Waals surface area contributed by atoms with E-state index in [0.717, 1.165) is 30.2 Å². The van der Waals surface area contributed by atoms with Crippen molar-refractivity contribution in [2.45, 2.75) is 0 Å². The Labute approximate surface area is 228 Å². The fourth-order valence-corrected chi connectivity index (χ4v) is 3.84. The number of benzene rings is 2. The second-order valence-corrected chi connectivity index (χ2v) is 8.97. The van der Waals surface area contributed by atoms with Crippen LogP contribution < -0.4 is 25.6 Å². The van der Waals surface area contributed by atoms with E-state index < -0.39 is 0 Å². The van der Waals surface area contributed by atoms with Crippen LogP contribution in [-0.2, 0) is 4.79 Å². The Kier molecular flexibility index (Phi) is 8.75. The molecule has 0 radical (unpaired) electrons. The highest BCUT2D eigenvalue weighted by Gasteiger charge is 2.17. The molecule has 4 rings (SSSR count). The summed E-state index contributed by atoms with van der Waals surface area (Å²) < 4.78 is 7.47. The van der Waals surface area contributed by atoms with Gasteiger partial charge in [-0.2, -0.15) is 10.1 Å². The Morgan fingerprint density at radius 2 is 1.85 bits per heavy atom. The quantitative estimate of drug-likeness (QED) is 0.232. The fraction of sp³-hybridized carbons (Fsp3) is 0.214. The van der Waals surface area contributed by atoms with Crippen LogP contribution in [0.1, 0.15) is 0 Å². The van der Waals surface area contributed by atoms with Crippen molar-refractivity contribution >= 4 is 40.4 Å². The number of nitrogens with zero attached hydrogens (tertiary/aromatic N) is 6. The van der Waals surface area contributed by atoms with Gasteiger partial charge in [0, 0.05) is 44.8 Å². The van der Waals surface area contributed by atoms with E-state index in [4.69, 9.17) is 4.74 Å². The lowest BCUT2D eigenvalue weighted by atomic mass is 10.2. The summed E-state index contributed by atoms with van der Waals surface area (Å²) in [5.41, 5.74) is 3.72. The second-order valence-electron chi connectivity index (χ2n) is 8.97. The van der Waals surface area contributed by atoms with Crippen LogP contribution in [0.4, 0.5) is 34.5 Å². The SMILES string of the molecule is C=CC(=O)Nc1cc(Nc2nccc(Nc3ccccc3-n3cccn3)n2)c(OC)cc1N(C)CCN(C)C. The van der Waals surface area contributed by atoms with Crippen molar-refractivity contribution in [1.29, 1.82) is 0 Å². The number of carbonyl (C=O) groups excluding carboxylic acids is 1. The lowest BCUT2D eigenvalue weighted by Gasteiger charge is -2.26. The topological polar surface area (TPSA) is 112 Å². The highest BCUT2D eigenvalue weighted by Crippen LogP contribution is 2.38. The Bertz CT molecular complexity index is 1420. The van der Waals surface area contributed by atoms with Crippen LogP contribution >= 0.6 is 0 Å². The van der Waals surface area contributed by atoms with Crippen molar-refractivity contribution in [3.63, 3.8) is 0 Å². The van der Waals surface area contributed by atoms with Crippen LogP contribution in [0.5, 0.6) is 5.75 Å². The number of aromatic nitrogens is 4. The van der Waals surface area contributed by atoms with E-state index in [2.05, 4.69) is 47.4 Å². The van der Waals surface area contributed by atoms with Gasteiger partial charge >= 0.3 is 0 Å². The first-order chi connectivity index (χ1) is 18.9. The molecule has 2 aromatic heterocycles. The van der Waals surface area contributed by atoms with Crippen molar-refractivity contribution in [2.24, 2.45) is 0 Å². The van der Waals surface area contributed by atoms with Gasteiger partial charge in [-0.05, 0) is 50.5 Å². The molecule has 4 aromatic rings. The van der Waals surface area contributed by atoms with Crippen LogP contribution in [0.3, 0.4) is 0 Å². The zero-order valence-electron chi connectivity index (χ0n) is 22.5. The maximum Gasteiger partial charge on any atom is 0.247 e. The van der Waals surface area contributed by atoms with E-state index in [1.165, 1.54) is 6.08 Å². The highest BCUT2D eigenvalue weighted by atomic mass is 16.5. The van der Waals surface area contributed by atoms with Crippen molar-refractivity contribution in [3.05, 3.63) is 79.8 Å². The minimum absolute atomic E-state index is 0.313. The molecule has 0 fully saturated rings. The molecule has 11 nitrogen and oxygen atoms in total. The van der Waals surface area contributed by atoms with Crippen molar-refractivity contribution < 1.29 is 9.53 Å². The Hall–Kier alpha value is -4.90. The third-order valence-corrected chi connectivity index (χ3v) is 5.88. The molecule has 0 spiro atoms. The summed E-state index contributed by atoms with van der Waals surface area (Å²) in [5.74, 6) is 1.20. The number of carbonyl (C=O) groups is 1. The molecule has 0 atom stereocenters. The zero-order valence-corrected chi connectivity index (χ0v) is 22.5. The number of nitrogens with one attached hydrogen (secondary N) is 3. The number of para-hydroxylation sites is 2. The number of anilines is 6. The Morgan fingerprint density at radius 3 is 2.56 bits per heavy atom. The van der Waals surface area contributed by atoms with E-state index in [1.807, 2.05) is 63.7 Å². The highest BCUT2D eigenvalue weighted by molar-refractivity contribution is 6.02. The molecule has 0 bridgehead atoms. The molecular formula is C28H33N9O2. The van der Waals surface area contributed by atoms with Crippen molar-refractivity contribution in [1.82, 2.24) is 24.6 Å². The summed E-state index contributed by atoms with van der Waals surface area (Å²) in [5, 5.41) is 13.8. The molecular weight excluding hydrogens is 494 g/mol. The number of rotatable bonds is 12. The summed E-state index contributed by atoms with van der Waals surface area (Å²) in [7, 11) is 7.59. The molecule has 0 saturated heterocycles. The molecule has 0 aliphatic heterocycles. The number of methoxy groups -OCH3 is 1. The summed E-state index contributed by atoms with van der Waals surface area (Å²) >= 11 is 0. The van der Waals surface area contributed by atoms with Gasteiger partial charge in [0.25, 0.3) is 0 Å². The van der Waals surface area contributed by atoms with Gasteiger partial charge < -0.3 is 30.5 Å². The van der Waals surface area contributed by atoms with E-state index >= 15 is 0 Å². The molecule has 0 aliphatic rings. The van der Waals surface area contributed by atoms with Crippen LogP contribution in [0.2, 0.25) is 0 Å². The maximum absolute atomic E-state index is 12.2. The van der Waals surface area contributed by atoms with Gasteiger partial charge in [-0.1, -0.05) is 18.7 Å². The molecule has 39 heavy (non-hydrogen) atoms. The molecule has 0 saturated carbocycles. The van der Waals surface area contributed by atoms with Gasteiger partial charge in [0.05, 0.1) is 35.5 Å². The molecule has 1 amide bonds. The smallest absolute Gasteiger partial charge is 0.247 e. The second kappa shape index (κ2) is 12.6. The number of ether oxygens (including phenoxy) is 1. The van der Waals surface area contributed by atoms with Gasteiger partial charge in [0.1, 0.15) is 11.6 Å². The first kappa shape index (κ1) is 27.1. The van der Waals surface area contributed by atoms with Gasteiger partial charge in [-0.15, -0.1) is 0 Å². The minimum atomic E-state index is -0.313. The number of hydrogen-bond donors (Lipinski definition) is 3. The van der Waals surface area contributed by atoms with E-state index in [0.29, 0.717) is 28.9 Å². The number of hydrogen-bond acceptors (Lipinski definition) is 9. The summed E-state index contributed by atoms with van der Waals surface area (Å²) in [6, 6.07) is 15.1. The summed E-state index contributed by atoms with van der Waals surface area (Å²) in [4.78, 5) is 25.4. The number of amides is 1. The van der Waals surface area contributed by atoms with Crippen LogP contribution in [-0.4, -0.2) is 71.9 Å². The molecule has 2 aromatic carbocycles. The van der Waals surface area contributed by atoms with Crippen LogP contribution in [0.25, 0.3) is 5.69 Å².